The zero-order valence-corrected chi connectivity index (χ0v) is 8.00. The molecule has 1 heterocycles. The maximum Gasteiger partial charge on any atom is 0.315 e. The van der Waals surface area contributed by atoms with Crippen LogP contribution in [-0.4, -0.2) is 16.3 Å². The van der Waals surface area contributed by atoms with E-state index in [1.165, 1.54) is 0 Å². The van der Waals surface area contributed by atoms with Crippen molar-refractivity contribution >= 4 is 16.9 Å². The predicted molar refractivity (Wildman–Crippen MR) is 53.6 cm³/mol. The minimum atomic E-state index is -0.654. The van der Waals surface area contributed by atoms with Gasteiger partial charge in [-0.2, -0.15) is 10.9 Å². The zero-order chi connectivity index (χ0) is 8.97. The minimum Gasteiger partial charge on any atom is -0.480 e. The van der Waals surface area contributed by atoms with Crippen LogP contribution in [0.2, 0.25) is 0 Å². The van der Waals surface area contributed by atoms with Crippen LogP contribution < -0.4 is 0 Å². The molecule has 0 aromatic carbocycles. The summed E-state index contributed by atoms with van der Waals surface area (Å²) in [6, 6.07) is 0. The highest BCUT2D eigenvalue weighted by atomic mass is 32.2. The lowest BCUT2D eigenvalue weighted by Crippen LogP contribution is -2.18. The third kappa shape index (κ3) is 2.14. The van der Waals surface area contributed by atoms with Crippen molar-refractivity contribution in [3.8, 4) is 0 Å². The van der Waals surface area contributed by atoms with Gasteiger partial charge >= 0.3 is 5.97 Å². The summed E-state index contributed by atoms with van der Waals surface area (Å²) in [6.45, 7) is 2.02. The van der Waals surface area contributed by atoms with Crippen molar-refractivity contribution in [2.45, 2.75) is 25.0 Å². The number of thiol groups is 1. The normalized spacial score (nSPS) is 19.9. The second-order valence-electron chi connectivity index (χ2n) is 2.77. The van der Waals surface area contributed by atoms with Gasteiger partial charge < -0.3 is 5.11 Å². The molecule has 0 aromatic heterocycles. The van der Waals surface area contributed by atoms with Gasteiger partial charge in [-0.3, -0.25) is 4.79 Å². The number of carbonyl (C=O) groups is 1. The third-order valence-corrected chi connectivity index (χ3v) is 4.07. The summed E-state index contributed by atoms with van der Waals surface area (Å²) >= 11 is 0. The largest absolute Gasteiger partial charge is 0.480 e. The van der Waals surface area contributed by atoms with Crippen LogP contribution in [0.3, 0.4) is 0 Å². The first-order valence-corrected chi connectivity index (χ1v) is 5.66. The van der Waals surface area contributed by atoms with E-state index in [0.717, 1.165) is 12.8 Å². The van der Waals surface area contributed by atoms with E-state index in [1.54, 1.807) is 0 Å². The van der Waals surface area contributed by atoms with Gasteiger partial charge in [0.05, 0.1) is 5.25 Å². The van der Waals surface area contributed by atoms with Crippen LogP contribution >= 0.6 is 10.9 Å². The van der Waals surface area contributed by atoms with Gasteiger partial charge in [0, 0.05) is 0 Å². The van der Waals surface area contributed by atoms with Crippen LogP contribution in [0.4, 0.5) is 0 Å². The number of carboxylic acid groups (broad SMARTS) is 1. The summed E-state index contributed by atoms with van der Waals surface area (Å²) in [5.41, 5.74) is 0. The van der Waals surface area contributed by atoms with Crippen LogP contribution in [-0.2, 0) is 4.79 Å². The van der Waals surface area contributed by atoms with Gasteiger partial charge in [-0.1, -0.05) is 25.5 Å². The fourth-order valence-electron chi connectivity index (χ4n) is 1.23. The van der Waals surface area contributed by atoms with E-state index in [-0.39, 0.29) is 5.25 Å². The SMILES string of the molecule is CCCC(C(=O)O)[SH]1C=CC=C1. The van der Waals surface area contributed by atoms with Crippen molar-refractivity contribution in [1.82, 2.24) is 0 Å². The quantitative estimate of drug-likeness (QED) is 0.661. The van der Waals surface area contributed by atoms with Crippen molar-refractivity contribution < 1.29 is 9.90 Å². The summed E-state index contributed by atoms with van der Waals surface area (Å²) in [5.74, 6) is -0.654. The Morgan fingerprint density at radius 1 is 1.50 bits per heavy atom. The van der Waals surface area contributed by atoms with Crippen molar-refractivity contribution in [1.29, 1.82) is 0 Å². The fourth-order valence-corrected chi connectivity index (χ4v) is 3.15. The molecule has 0 fully saturated rings. The van der Waals surface area contributed by atoms with E-state index in [9.17, 15) is 4.79 Å². The molecule has 12 heavy (non-hydrogen) atoms. The number of rotatable bonds is 4. The van der Waals surface area contributed by atoms with Crippen molar-refractivity contribution in [2.24, 2.45) is 0 Å². The van der Waals surface area contributed by atoms with Gasteiger partial charge in [-0.25, -0.2) is 0 Å². The molecule has 1 atom stereocenters. The minimum absolute atomic E-state index is 0.167. The number of hydrogen-bond acceptors (Lipinski definition) is 1. The number of hydrogen-bond donors (Lipinski definition) is 2. The van der Waals surface area contributed by atoms with Gasteiger partial charge in [0.1, 0.15) is 0 Å². The molecule has 1 N–H and O–H groups in total. The Morgan fingerprint density at radius 2 is 2.08 bits per heavy atom. The van der Waals surface area contributed by atoms with Crippen LogP contribution in [0.15, 0.2) is 23.0 Å². The molecule has 68 valence electrons. The molecule has 0 aromatic rings. The molecule has 3 heteroatoms. The van der Waals surface area contributed by atoms with E-state index >= 15 is 0 Å². The molecule has 0 saturated heterocycles. The Bertz CT molecular complexity index is 209. The van der Waals surface area contributed by atoms with Crippen molar-refractivity contribution in [3.05, 3.63) is 23.0 Å². The van der Waals surface area contributed by atoms with Gasteiger partial charge in [0.2, 0.25) is 0 Å². The molecule has 0 amide bonds. The smallest absolute Gasteiger partial charge is 0.315 e. The molecule has 0 spiro atoms. The van der Waals surface area contributed by atoms with Gasteiger partial charge in [-0.15, -0.1) is 0 Å². The molecule has 0 bridgehead atoms. The number of carboxylic acids is 1. The molecular formula is C9H14O2S. The molecule has 0 aliphatic carbocycles. The van der Waals surface area contributed by atoms with Crippen LogP contribution in [0, 0.1) is 0 Å². The number of aliphatic carboxylic acids is 1. The maximum absolute atomic E-state index is 10.8. The van der Waals surface area contributed by atoms with E-state index in [0.29, 0.717) is 0 Å². The Morgan fingerprint density at radius 3 is 2.50 bits per heavy atom. The molecule has 1 rings (SSSR count). The lowest BCUT2D eigenvalue weighted by Gasteiger charge is -2.18. The number of allylic oxidation sites excluding steroid dienone is 2. The Hall–Kier alpha value is -0.700. The highest BCUT2D eigenvalue weighted by Gasteiger charge is 2.21. The first-order valence-electron chi connectivity index (χ1n) is 4.11. The van der Waals surface area contributed by atoms with E-state index in [2.05, 4.69) is 0 Å². The summed E-state index contributed by atoms with van der Waals surface area (Å²) < 4.78 is 0. The average Bonchev–Trinajstić information content (AvgIpc) is 2.51. The standard InChI is InChI=1S/C9H14O2S/c1-2-5-8(9(10)11)12-6-3-4-7-12/h3-4,6-8,12H,2,5H2,1H3,(H,10,11). The van der Waals surface area contributed by atoms with E-state index in [1.807, 2.05) is 29.9 Å². The zero-order valence-electron chi connectivity index (χ0n) is 7.10. The van der Waals surface area contributed by atoms with Gasteiger partial charge in [0.15, 0.2) is 0 Å². The monoisotopic (exact) mass is 186 g/mol. The maximum atomic E-state index is 10.8. The highest BCUT2D eigenvalue weighted by molar-refractivity contribution is 8.23. The predicted octanol–water partition coefficient (Wildman–Crippen LogP) is 2.28. The fraction of sp³-hybridized carbons (Fsp3) is 0.444. The van der Waals surface area contributed by atoms with Crippen LogP contribution in [0.25, 0.3) is 0 Å². The Kier molecular flexibility index (Phi) is 3.41. The lowest BCUT2D eigenvalue weighted by molar-refractivity contribution is -0.136. The van der Waals surface area contributed by atoms with E-state index in [4.69, 9.17) is 5.11 Å². The van der Waals surface area contributed by atoms with Crippen molar-refractivity contribution in [3.63, 3.8) is 0 Å². The average molecular weight is 186 g/mol. The van der Waals surface area contributed by atoms with Crippen LogP contribution in [0.5, 0.6) is 0 Å². The Labute approximate surface area is 75.3 Å². The second-order valence-corrected chi connectivity index (χ2v) is 4.89. The lowest BCUT2D eigenvalue weighted by atomic mass is 10.2. The summed E-state index contributed by atoms with van der Waals surface area (Å²) in [6.07, 6.45) is 5.61. The Balaban J connectivity index is 2.58. The molecule has 2 nitrogen and oxygen atoms in total. The molecule has 0 radical (unpaired) electrons. The second kappa shape index (κ2) is 4.36. The van der Waals surface area contributed by atoms with Crippen molar-refractivity contribution in [2.75, 3.05) is 0 Å². The first-order chi connectivity index (χ1) is 5.75. The molecule has 1 aliphatic rings. The summed E-state index contributed by atoms with van der Waals surface area (Å²) in [7, 11) is -0.515. The summed E-state index contributed by atoms with van der Waals surface area (Å²) in [5, 5.41) is 12.8. The third-order valence-electron chi connectivity index (χ3n) is 1.83. The molecular weight excluding hydrogens is 172 g/mol. The molecule has 1 unspecified atom stereocenters. The van der Waals surface area contributed by atoms with Gasteiger partial charge in [-0.05, 0) is 17.2 Å². The highest BCUT2D eigenvalue weighted by Crippen LogP contribution is 2.40. The first kappa shape index (κ1) is 9.39. The van der Waals surface area contributed by atoms with Crippen LogP contribution in [0.1, 0.15) is 19.8 Å². The molecule has 1 aliphatic heterocycles. The topological polar surface area (TPSA) is 37.3 Å². The van der Waals surface area contributed by atoms with Gasteiger partial charge in [0.25, 0.3) is 0 Å². The van der Waals surface area contributed by atoms with E-state index < -0.39 is 16.9 Å². The molecule has 0 saturated carbocycles. The summed E-state index contributed by atoms with van der Waals surface area (Å²) in [4.78, 5) is 10.8.